The number of amides is 1. The molecule has 0 radical (unpaired) electrons. The van der Waals surface area contributed by atoms with Crippen LogP contribution >= 0.6 is 0 Å². The molecule has 29 heavy (non-hydrogen) atoms. The van der Waals surface area contributed by atoms with Crippen LogP contribution in [0.4, 0.5) is 0 Å². The van der Waals surface area contributed by atoms with Crippen LogP contribution in [0.15, 0.2) is 30.3 Å². The fourth-order valence-corrected chi connectivity index (χ4v) is 3.64. The average Bonchev–Trinajstić information content (AvgIpc) is 3.43. The molecule has 0 atom stereocenters. The van der Waals surface area contributed by atoms with Crippen molar-refractivity contribution in [1.29, 1.82) is 0 Å². The fraction of sp³-hybridized carbons (Fsp3) is 0.364. The van der Waals surface area contributed by atoms with Crippen LogP contribution in [0.1, 0.15) is 35.7 Å². The summed E-state index contributed by atoms with van der Waals surface area (Å²) < 4.78 is 22.5. The van der Waals surface area contributed by atoms with Gasteiger partial charge in [-0.25, -0.2) is 4.79 Å². The molecular weight excluding hydrogens is 374 g/mol. The second-order valence-electron chi connectivity index (χ2n) is 7.01. The van der Waals surface area contributed by atoms with Crippen LogP contribution < -0.4 is 19.5 Å². The molecule has 152 valence electrons. The fourth-order valence-electron chi connectivity index (χ4n) is 3.64. The monoisotopic (exact) mass is 397 g/mol. The minimum absolute atomic E-state index is 0.102. The second-order valence-corrected chi connectivity index (χ2v) is 7.01. The summed E-state index contributed by atoms with van der Waals surface area (Å²) in [7, 11) is 3.07. The number of esters is 1. The van der Waals surface area contributed by atoms with Crippen molar-refractivity contribution in [3.63, 3.8) is 0 Å². The SMILES string of the molecule is CCOC(=O)C1(Oc2c(-c3cccc4c3CNC4=O)ccc(OC)c2OC)CC1. The predicted molar refractivity (Wildman–Crippen MR) is 105 cm³/mol. The van der Waals surface area contributed by atoms with Crippen molar-refractivity contribution >= 4 is 11.9 Å². The number of carbonyl (C=O) groups excluding carboxylic acids is 2. The van der Waals surface area contributed by atoms with Crippen molar-refractivity contribution in [3.05, 3.63) is 41.5 Å². The molecule has 0 spiro atoms. The van der Waals surface area contributed by atoms with E-state index in [1.165, 1.54) is 7.11 Å². The van der Waals surface area contributed by atoms with Gasteiger partial charge in [-0.1, -0.05) is 12.1 Å². The number of benzene rings is 2. The van der Waals surface area contributed by atoms with Gasteiger partial charge in [-0.15, -0.1) is 0 Å². The first-order valence-corrected chi connectivity index (χ1v) is 9.56. The van der Waals surface area contributed by atoms with Crippen molar-refractivity contribution in [2.45, 2.75) is 31.9 Å². The normalized spacial score (nSPS) is 15.9. The van der Waals surface area contributed by atoms with Crippen LogP contribution in [0.2, 0.25) is 0 Å². The minimum atomic E-state index is -1.02. The first-order valence-electron chi connectivity index (χ1n) is 9.56. The molecule has 0 saturated heterocycles. The van der Waals surface area contributed by atoms with Crippen molar-refractivity contribution < 1.29 is 28.5 Å². The Balaban J connectivity index is 1.86. The first-order chi connectivity index (χ1) is 14.0. The molecule has 1 fully saturated rings. The molecule has 2 aliphatic rings. The van der Waals surface area contributed by atoms with Gasteiger partial charge in [-0.3, -0.25) is 4.79 Å². The summed E-state index contributed by atoms with van der Waals surface area (Å²) in [6.45, 7) is 2.48. The molecule has 7 nitrogen and oxygen atoms in total. The first kappa shape index (κ1) is 19.1. The Morgan fingerprint density at radius 1 is 1.03 bits per heavy atom. The molecule has 1 aliphatic carbocycles. The van der Waals surface area contributed by atoms with Gasteiger partial charge in [0.2, 0.25) is 11.4 Å². The molecule has 1 saturated carbocycles. The van der Waals surface area contributed by atoms with E-state index in [0.717, 1.165) is 16.7 Å². The van der Waals surface area contributed by atoms with Crippen molar-refractivity contribution in [2.24, 2.45) is 0 Å². The van der Waals surface area contributed by atoms with E-state index < -0.39 is 5.60 Å². The second kappa shape index (κ2) is 7.31. The highest BCUT2D eigenvalue weighted by Gasteiger charge is 2.55. The lowest BCUT2D eigenvalue weighted by Crippen LogP contribution is -2.32. The summed E-state index contributed by atoms with van der Waals surface area (Å²) in [5.74, 6) is 0.814. The maximum atomic E-state index is 12.5. The number of hydrogen-bond donors (Lipinski definition) is 1. The zero-order valence-electron chi connectivity index (χ0n) is 16.7. The van der Waals surface area contributed by atoms with Crippen molar-refractivity contribution in [1.82, 2.24) is 5.32 Å². The van der Waals surface area contributed by atoms with Crippen LogP contribution in [0.25, 0.3) is 11.1 Å². The number of hydrogen-bond acceptors (Lipinski definition) is 6. The van der Waals surface area contributed by atoms with Gasteiger partial charge < -0.3 is 24.3 Å². The number of carbonyl (C=O) groups is 2. The Morgan fingerprint density at radius 3 is 2.45 bits per heavy atom. The highest BCUT2D eigenvalue weighted by molar-refractivity contribution is 6.01. The Hall–Kier alpha value is -3.22. The van der Waals surface area contributed by atoms with Crippen molar-refractivity contribution in [3.8, 4) is 28.4 Å². The molecule has 0 bridgehead atoms. The van der Waals surface area contributed by atoms with Gasteiger partial charge in [-0.05, 0) is 36.2 Å². The lowest BCUT2D eigenvalue weighted by molar-refractivity contribution is -0.153. The van der Waals surface area contributed by atoms with Crippen LogP contribution in [0.3, 0.4) is 0 Å². The van der Waals surface area contributed by atoms with Crippen LogP contribution in [-0.2, 0) is 16.1 Å². The van der Waals surface area contributed by atoms with Gasteiger partial charge >= 0.3 is 5.97 Å². The molecular formula is C22H23NO6. The highest BCUT2D eigenvalue weighted by Crippen LogP contribution is 2.51. The van der Waals surface area contributed by atoms with E-state index in [0.29, 0.717) is 42.2 Å². The Labute approximate surface area is 168 Å². The zero-order valence-corrected chi connectivity index (χ0v) is 16.7. The van der Waals surface area contributed by atoms with Crippen LogP contribution in [0, 0.1) is 0 Å². The maximum Gasteiger partial charge on any atom is 0.350 e. The standard InChI is InChI=1S/C22H23NO6/c1-4-28-21(25)22(10-11-22)29-18-14(8-9-17(26-2)19(18)27-3)13-6-5-7-15-16(13)12-23-20(15)24/h5-9H,4,10-12H2,1-3H3,(H,23,24). The summed E-state index contributed by atoms with van der Waals surface area (Å²) in [5, 5.41) is 2.85. The van der Waals surface area contributed by atoms with Gasteiger partial charge in [0.1, 0.15) is 0 Å². The number of rotatable bonds is 7. The Kier molecular flexibility index (Phi) is 4.82. The van der Waals surface area contributed by atoms with E-state index in [1.54, 1.807) is 26.2 Å². The van der Waals surface area contributed by atoms with Gasteiger partial charge in [0, 0.05) is 30.5 Å². The summed E-state index contributed by atoms with van der Waals surface area (Å²) in [4.78, 5) is 24.6. The quantitative estimate of drug-likeness (QED) is 0.723. The third-order valence-corrected chi connectivity index (χ3v) is 5.29. The highest BCUT2D eigenvalue weighted by atomic mass is 16.6. The van der Waals surface area contributed by atoms with E-state index in [9.17, 15) is 9.59 Å². The average molecular weight is 397 g/mol. The van der Waals surface area contributed by atoms with Crippen LogP contribution in [0.5, 0.6) is 17.2 Å². The molecule has 7 heteroatoms. The van der Waals surface area contributed by atoms with Gasteiger partial charge in [0.15, 0.2) is 11.5 Å². The molecule has 1 N–H and O–H groups in total. The molecule has 1 heterocycles. The molecule has 2 aromatic rings. The van der Waals surface area contributed by atoms with E-state index >= 15 is 0 Å². The molecule has 2 aromatic carbocycles. The third-order valence-electron chi connectivity index (χ3n) is 5.29. The topological polar surface area (TPSA) is 83.1 Å². The summed E-state index contributed by atoms with van der Waals surface area (Å²) in [5.41, 5.74) is 2.07. The lowest BCUT2D eigenvalue weighted by Gasteiger charge is -2.23. The van der Waals surface area contributed by atoms with Gasteiger partial charge in [0.25, 0.3) is 5.91 Å². The van der Waals surface area contributed by atoms with E-state index in [2.05, 4.69) is 5.32 Å². The summed E-state index contributed by atoms with van der Waals surface area (Å²) in [6.07, 6.45) is 1.14. The predicted octanol–water partition coefficient (Wildman–Crippen LogP) is 3.09. The van der Waals surface area contributed by atoms with Crippen LogP contribution in [-0.4, -0.2) is 38.3 Å². The summed E-state index contributed by atoms with van der Waals surface area (Å²) in [6, 6.07) is 9.20. The molecule has 1 amide bonds. The zero-order chi connectivity index (χ0) is 20.6. The molecule has 4 rings (SSSR count). The number of nitrogens with one attached hydrogen (secondary N) is 1. The number of ether oxygens (including phenoxy) is 4. The number of methoxy groups -OCH3 is 2. The van der Waals surface area contributed by atoms with Gasteiger partial charge in [0.05, 0.1) is 20.8 Å². The molecule has 0 aromatic heterocycles. The van der Waals surface area contributed by atoms with Crippen molar-refractivity contribution in [2.75, 3.05) is 20.8 Å². The minimum Gasteiger partial charge on any atom is -0.493 e. The van der Waals surface area contributed by atoms with Gasteiger partial charge in [-0.2, -0.15) is 0 Å². The largest absolute Gasteiger partial charge is 0.493 e. The molecule has 0 unspecified atom stereocenters. The van der Waals surface area contributed by atoms with E-state index in [4.69, 9.17) is 18.9 Å². The smallest absolute Gasteiger partial charge is 0.350 e. The number of fused-ring (bicyclic) bond motifs is 1. The van der Waals surface area contributed by atoms with E-state index in [1.807, 2.05) is 18.2 Å². The van der Waals surface area contributed by atoms with E-state index in [-0.39, 0.29) is 18.5 Å². The lowest BCUT2D eigenvalue weighted by atomic mass is 9.95. The maximum absolute atomic E-state index is 12.5. The Morgan fingerprint density at radius 2 is 1.79 bits per heavy atom. The Bertz CT molecular complexity index is 980. The molecule has 1 aliphatic heterocycles. The summed E-state index contributed by atoms with van der Waals surface area (Å²) >= 11 is 0. The third kappa shape index (κ3) is 3.16.